The van der Waals surface area contributed by atoms with Crippen LogP contribution in [0.15, 0.2) is 18.5 Å². The molecule has 3 N–H and O–H groups in total. The Morgan fingerprint density at radius 2 is 2.14 bits per heavy atom. The molecule has 1 aliphatic rings. The van der Waals surface area contributed by atoms with Gasteiger partial charge in [-0.2, -0.15) is 0 Å². The van der Waals surface area contributed by atoms with Gasteiger partial charge in [0.05, 0.1) is 6.20 Å². The number of carbonyl (C=O) groups excluding carboxylic acids is 1. The summed E-state index contributed by atoms with van der Waals surface area (Å²) in [5.41, 5.74) is 1.50. The van der Waals surface area contributed by atoms with E-state index in [0.29, 0.717) is 25.0 Å². The fourth-order valence-corrected chi connectivity index (χ4v) is 3.91. The number of anilines is 1. The van der Waals surface area contributed by atoms with E-state index >= 15 is 0 Å². The molecule has 1 aliphatic heterocycles. The van der Waals surface area contributed by atoms with Gasteiger partial charge in [0, 0.05) is 27.4 Å². The van der Waals surface area contributed by atoms with Gasteiger partial charge < -0.3 is 19.9 Å². The van der Waals surface area contributed by atoms with E-state index in [1.807, 2.05) is 16.8 Å². The predicted molar refractivity (Wildman–Crippen MR) is 114 cm³/mol. The van der Waals surface area contributed by atoms with E-state index in [2.05, 4.69) is 45.6 Å². The van der Waals surface area contributed by atoms with Gasteiger partial charge in [-0.05, 0) is 44.0 Å². The zero-order chi connectivity index (χ0) is 20.0. The third kappa shape index (κ3) is 6.28. The molecule has 1 saturated heterocycles. The second kappa shape index (κ2) is 9.49. The lowest BCUT2D eigenvalue weighted by Gasteiger charge is -2.22. The molecular weight excluding hydrogens is 372 g/mol. The second-order valence-electron chi connectivity index (χ2n) is 8.63. The SMILES string of the molecule is C[Si](C)(C)CCOCn1ccc2nc(NC(=O)NCC3CCNCC3)cnc21. The van der Waals surface area contributed by atoms with Crippen molar-refractivity contribution in [2.45, 2.75) is 45.3 Å². The van der Waals surface area contributed by atoms with Crippen molar-refractivity contribution in [3.05, 3.63) is 18.5 Å². The number of ether oxygens (including phenoxy) is 1. The number of rotatable bonds is 8. The van der Waals surface area contributed by atoms with Crippen LogP contribution >= 0.6 is 0 Å². The molecule has 0 bridgehead atoms. The zero-order valence-electron chi connectivity index (χ0n) is 17.1. The highest BCUT2D eigenvalue weighted by molar-refractivity contribution is 6.76. The van der Waals surface area contributed by atoms with Gasteiger partial charge in [0.15, 0.2) is 11.5 Å². The predicted octanol–water partition coefficient (Wildman–Crippen LogP) is 2.86. The Labute approximate surface area is 167 Å². The summed E-state index contributed by atoms with van der Waals surface area (Å²) in [5.74, 6) is 0.989. The van der Waals surface area contributed by atoms with Crippen LogP contribution in [0.2, 0.25) is 25.7 Å². The van der Waals surface area contributed by atoms with Crippen molar-refractivity contribution in [2.24, 2.45) is 5.92 Å². The number of nitrogens with zero attached hydrogens (tertiary/aromatic N) is 3. The van der Waals surface area contributed by atoms with Crippen LogP contribution < -0.4 is 16.0 Å². The van der Waals surface area contributed by atoms with Crippen LogP contribution in [0, 0.1) is 5.92 Å². The first-order valence-electron chi connectivity index (χ1n) is 10.1. The molecule has 9 heteroatoms. The molecule has 0 unspecified atom stereocenters. The molecule has 2 aromatic rings. The fourth-order valence-electron chi connectivity index (χ4n) is 3.15. The van der Waals surface area contributed by atoms with Crippen LogP contribution in [0.1, 0.15) is 12.8 Å². The lowest BCUT2D eigenvalue weighted by Crippen LogP contribution is -2.37. The maximum absolute atomic E-state index is 12.1. The van der Waals surface area contributed by atoms with Crippen LogP contribution in [0.3, 0.4) is 0 Å². The molecule has 0 aromatic carbocycles. The smallest absolute Gasteiger partial charge is 0.320 e. The highest BCUT2D eigenvalue weighted by Gasteiger charge is 2.15. The van der Waals surface area contributed by atoms with Crippen LogP contribution in [0.25, 0.3) is 11.2 Å². The molecule has 0 saturated carbocycles. The molecule has 0 radical (unpaired) electrons. The quantitative estimate of drug-likeness (QED) is 0.465. The van der Waals surface area contributed by atoms with E-state index < -0.39 is 8.07 Å². The third-order valence-electron chi connectivity index (χ3n) is 4.94. The Morgan fingerprint density at radius 3 is 2.89 bits per heavy atom. The summed E-state index contributed by atoms with van der Waals surface area (Å²) in [4.78, 5) is 21.1. The number of amides is 2. The molecule has 0 spiro atoms. The van der Waals surface area contributed by atoms with Gasteiger partial charge >= 0.3 is 6.03 Å². The van der Waals surface area contributed by atoms with E-state index in [1.165, 1.54) is 0 Å². The molecule has 8 nitrogen and oxygen atoms in total. The Kier molecular flexibility index (Phi) is 7.03. The average molecular weight is 405 g/mol. The fraction of sp³-hybridized carbons (Fsp3) is 0.632. The number of hydrogen-bond acceptors (Lipinski definition) is 5. The lowest BCUT2D eigenvalue weighted by molar-refractivity contribution is 0.0899. The van der Waals surface area contributed by atoms with Gasteiger partial charge in [-0.1, -0.05) is 19.6 Å². The molecule has 28 heavy (non-hydrogen) atoms. The van der Waals surface area contributed by atoms with Gasteiger partial charge in [-0.3, -0.25) is 5.32 Å². The minimum atomic E-state index is -1.09. The minimum absolute atomic E-state index is 0.235. The average Bonchev–Trinajstić information content (AvgIpc) is 3.06. The van der Waals surface area contributed by atoms with E-state index in [-0.39, 0.29) is 6.03 Å². The van der Waals surface area contributed by atoms with E-state index in [9.17, 15) is 4.79 Å². The van der Waals surface area contributed by atoms with Gasteiger partial charge in [0.25, 0.3) is 0 Å². The summed E-state index contributed by atoms with van der Waals surface area (Å²) >= 11 is 0. The van der Waals surface area contributed by atoms with Crippen LogP contribution in [0.4, 0.5) is 10.6 Å². The Morgan fingerprint density at radius 1 is 1.36 bits per heavy atom. The molecule has 0 aliphatic carbocycles. The maximum Gasteiger partial charge on any atom is 0.320 e. The monoisotopic (exact) mass is 404 g/mol. The Hall–Kier alpha value is -1.97. The van der Waals surface area contributed by atoms with Crippen molar-refractivity contribution < 1.29 is 9.53 Å². The van der Waals surface area contributed by atoms with Crippen LogP contribution in [-0.4, -0.2) is 54.9 Å². The maximum atomic E-state index is 12.1. The van der Waals surface area contributed by atoms with Gasteiger partial charge in [0.2, 0.25) is 0 Å². The molecule has 2 aromatic heterocycles. The summed E-state index contributed by atoms with van der Waals surface area (Å²) in [6, 6.07) is 2.79. The van der Waals surface area contributed by atoms with Crippen LogP contribution in [0.5, 0.6) is 0 Å². The highest BCUT2D eigenvalue weighted by Crippen LogP contribution is 2.15. The Balaban J connectivity index is 1.49. The standard InChI is InChI=1S/C19H32N6O2Si/c1-28(2,3)11-10-27-14-25-9-6-16-18(25)21-13-17(23-16)24-19(26)22-12-15-4-7-20-8-5-15/h6,9,13,15,20H,4-5,7-8,10-12,14H2,1-3H3,(H2,22,23,24,26). The van der Waals surface area contributed by atoms with E-state index in [1.54, 1.807) is 6.20 Å². The first-order valence-corrected chi connectivity index (χ1v) is 13.8. The number of fused-ring (bicyclic) bond motifs is 1. The number of nitrogens with one attached hydrogen (secondary N) is 3. The summed E-state index contributed by atoms with van der Waals surface area (Å²) in [6.45, 7) is 11.0. The molecule has 3 rings (SSSR count). The molecule has 154 valence electrons. The van der Waals surface area contributed by atoms with Crippen molar-refractivity contribution in [1.29, 1.82) is 0 Å². The highest BCUT2D eigenvalue weighted by atomic mass is 28.3. The first kappa shape index (κ1) is 20.8. The molecular formula is C19H32N6O2Si. The van der Waals surface area contributed by atoms with Crippen molar-refractivity contribution in [3.63, 3.8) is 0 Å². The summed E-state index contributed by atoms with van der Waals surface area (Å²) in [5, 5.41) is 9.04. The normalized spacial score (nSPS) is 15.7. The number of urea groups is 1. The summed E-state index contributed by atoms with van der Waals surface area (Å²) in [6.07, 6.45) is 5.70. The molecule has 3 heterocycles. The molecule has 1 fully saturated rings. The number of piperidine rings is 1. The minimum Gasteiger partial charge on any atom is -0.361 e. The molecule has 2 amide bonds. The van der Waals surface area contributed by atoms with Crippen molar-refractivity contribution in [3.8, 4) is 0 Å². The van der Waals surface area contributed by atoms with E-state index in [4.69, 9.17) is 4.74 Å². The third-order valence-corrected chi connectivity index (χ3v) is 6.65. The van der Waals surface area contributed by atoms with E-state index in [0.717, 1.165) is 49.7 Å². The van der Waals surface area contributed by atoms with Gasteiger partial charge in [0.1, 0.15) is 12.2 Å². The zero-order valence-corrected chi connectivity index (χ0v) is 18.1. The van der Waals surface area contributed by atoms with Crippen molar-refractivity contribution in [1.82, 2.24) is 25.2 Å². The lowest BCUT2D eigenvalue weighted by atomic mass is 9.98. The molecule has 0 atom stereocenters. The largest absolute Gasteiger partial charge is 0.361 e. The summed E-state index contributed by atoms with van der Waals surface area (Å²) < 4.78 is 7.73. The number of carbonyl (C=O) groups is 1. The van der Waals surface area contributed by atoms with Crippen molar-refractivity contribution >= 4 is 31.1 Å². The van der Waals surface area contributed by atoms with Gasteiger partial charge in [-0.15, -0.1) is 0 Å². The van der Waals surface area contributed by atoms with Crippen LogP contribution in [-0.2, 0) is 11.5 Å². The van der Waals surface area contributed by atoms with Crippen molar-refractivity contribution in [2.75, 3.05) is 31.6 Å². The number of hydrogen-bond donors (Lipinski definition) is 3. The first-order chi connectivity index (χ1) is 13.4. The topological polar surface area (TPSA) is 93.1 Å². The second-order valence-corrected chi connectivity index (χ2v) is 14.2. The van der Waals surface area contributed by atoms with Gasteiger partial charge in [-0.25, -0.2) is 14.8 Å². The number of aromatic nitrogens is 3. The Bertz CT molecular complexity index is 782. The summed E-state index contributed by atoms with van der Waals surface area (Å²) in [7, 11) is -1.09.